The maximum Gasteiger partial charge on any atom is 0.255 e. The zero-order valence-corrected chi connectivity index (χ0v) is 20.1. The third kappa shape index (κ3) is 4.64. The van der Waals surface area contributed by atoms with Crippen molar-refractivity contribution in [3.8, 4) is 17.2 Å². The summed E-state index contributed by atoms with van der Waals surface area (Å²) in [6.45, 7) is 3.58. The van der Waals surface area contributed by atoms with Crippen molar-refractivity contribution in [2.24, 2.45) is 0 Å². The summed E-state index contributed by atoms with van der Waals surface area (Å²) in [5, 5.41) is 13.2. The lowest BCUT2D eigenvalue weighted by molar-refractivity contribution is 0.0304. The first-order valence-electron chi connectivity index (χ1n) is 11.8. The molecule has 37 heavy (non-hydrogen) atoms. The van der Waals surface area contributed by atoms with Gasteiger partial charge in [-0.05, 0) is 30.7 Å². The molecule has 0 aliphatic carbocycles. The lowest BCUT2D eigenvalue weighted by Gasteiger charge is -2.29. The van der Waals surface area contributed by atoms with Gasteiger partial charge in [0.1, 0.15) is 35.4 Å². The van der Waals surface area contributed by atoms with Gasteiger partial charge in [-0.2, -0.15) is 5.26 Å². The minimum atomic E-state index is -0.512. The number of nitrogens with one attached hydrogen (secondary N) is 1. The third-order valence-corrected chi connectivity index (χ3v) is 6.30. The molecule has 2 aromatic carbocycles. The highest BCUT2D eigenvalue weighted by molar-refractivity contribution is 6.12. The summed E-state index contributed by atoms with van der Waals surface area (Å²) >= 11 is 0. The topological polar surface area (TPSA) is 130 Å². The van der Waals surface area contributed by atoms with Crippen LogP contribution >= 0.6 is 0 Å². The molecule has 1 amide bonds. The molecule has 1 saturated heterocycles. The fraction of sp³-hybridized carbons (Fsp3) is 0.222. The maximum atomic E-state index is 14.5. The zero-order valence-electron chi connectivity index (χ0n) is 20.1. The van der Waals surface area contributed by atoms with E-state index in [9.17, 15) is 14.4 Å². The molecule has 4 aromatic rings. The fourth-order valence-electron chi connectivity index (χ4n) is 4.50. The number of fused-ring (bicyclic) bond motifs is 1. The number of aromatic nitrogens is 3. The Bertz CT molecular complexity index is 1520. The molecule has 10 heteroatoms. The van der Waals surface area contributed by atoms with Gasteiger partial charge in [0, 0.05) is 24.0 Å². The normalized spacial score (nSPS) is 14.2. The van der Waals surface area contributed by atoms with Crippen LogP contribution in [0.15, 0.2) is 54.9 Å². The van der Waals surface area contributed by atoms with E-state index in [1.807, 2.05) is 43.3 Å². The SMILES string of the molecule is C[C@H](Nc1ncnc(N)c1C#N)c1nc2ccc(F)cc2c(C(=O)N2CCOCC2)c1-c1ccccc1. The minimum Gasteiger partial charge on any atom is -0.382 e. The van der Waals surface area contributed by atoms with E-state index in [1.165, 1.54) is 18.5 Å². The molecule has 0 unspecified atom stereocenters. The number of morpholine rings is 1. The predicted molar refractivity (Wildman–Crippen MR) is 137 cm³/mol. The van der Waals surface area contributed by atoms with Gasteiger partial charge in [-0.3, -0.25) is 4.79 Å². The Hall–Kier alpha value is -4.62. The number of rotatable bonds is 5. The molecule has 1 atom stereocenters. The number of halogens is 1. The monoisotopic (exact) mass is 497 g/mol. The summed E-state index contributed by atoms with van der Waals surface area (Å²) in [4.78, 5) is 28.7. The van der Waals surface area contributed by atoms with E-state index >= 15 is 0 Å². The van der Waals surface area contributed by atoms with Gasteiger partial charge in [0.05, 0.1) is 36.0 Å². The lowest BCUT2D eigenvalue weighted by atomic mass is 9.91. The van der Waals surface area contributed by atoms with E-state index in [0.29, 0.717) is 54.0 Å². The van der Waals surface area contributed by atoms with Crippen molar-refractivity contribution in [2.45, 2.75) is 13.0 Å². The van der Waals surface area contributed by atoms with E-state index in [1.54, 1.807) is 11.0 Å². The molecule has 0 radical (unpaired) electrons. The van der Waals surface area contributed by atoms with Crippen LogP contribution in [0.4, 0.5) is 16.0 Å². The number of benzene rings is 2. The molecule has 3 N–H and O–H groups in total. The molecule has 5 rings (SSSR count). The van der Waals surface area contributed by atoms with Crippen molar-refractivity contribution in [3.63, 3.8) is 0 Å². The van der Waals surface area contributed by atoms with Crippen LogP contribution < -0.4 is 11.1 Å². The van der Waals surface area contributed by atoms with Gasteiger partial charge < -0.3 is 20.7 Å². The molecule has 186 valence electrons. The summed E-state index contributed by atoms with van der Waals surface area (Å²) < 4.78 is 19.9. The van der Waals surface area contributed by atoms with Gasteiger partial charge in [-0.1, -0.05) is 30.3 Å². The number of anilines is 2. The number of amides is 1. The van der Waals surface area contributed by atoms with Gasteiger partial charge in [0.2, 0.25) is 0 Å². The summed E-state index contributed by atoms with van der Waals surface area (Å²) in [6.07, 6.45) is 1.27. The van der Waals surface area contributed by atoms with Crippen LogP contribution in [0, 0.1) is 17.1 Å². The average molecular weight is 498 g/mol. The van der Waals surface area contributed by atoms with Crippen molar-refractivity contribution >= 4 is 28.4 Å². The number of nitrogens with zero attached hydrogens (tertiary/aromatic N) is 5. The molecule has 1 fully saturated rings. The second-order valence-corrected chi connectivity index (χ2v) is 8.64. The number of nitriles is 1. The Morgan fingerprint density at radius 2 is 1.95 bits per heavy atom. The number of hydrogen-bond acceptors (Lipinski definition) is 8. The van der Waals surface area contributed by atoms with Crippen molar-refractivity contribution in [2.75, 3.05) is 37.4 Å². The smallest absolute Gasteiger partial charge is 0.255 e. The van der Waals surface area contributed by atoms with Crippen molar-refractivity contribution in [3.05, 3.63) is 77.5 Å². The van der Waals surface area contributed by atoms with Gasteiger partial charge >= 0.3 is 0 Å². The second kappa shape index (κ2) is 10.2. The average Bonchev–Trinajstić information content (AvgIpc) is 2.92. The van der Waals surface area contributed by atoms with E-state index < -0.39 is 11.9 Å². The number of nitrogen functional groups attached to an aromatic ring is 1. The minimum absolute atomic E-state index is 0.0561. The van der Waals surface area contributed by atoms with Crippen molar-refractivity contribution in [1.82, 2.24) is 19.9 Å². The third-order valence-electron chi connectivity index (χ3n) is 6.30. The molecule has 1 aliphatic heterocycles. The Kier molecular flexibility index (Phi) is 6.62. The summed E-state index contributed by atoms with van der Waals surface area (Å²) in [5.74, 6) is -0.375. The highest BCUT2D eigenvalue weighted by atomic mass is 19.1. The molecule has 9 nitrogen and oxygen atoms in total. The molecule has 0 spiro atoms. The quantitative estimate of drug-likeness (QED) is 0.424. The van der Waals surface area contributed by atoms with E-state index in [2.05, 4.69) is 15.3 Å². The standard InChI is InChI=1S/C27H24FN7O2/c1-16(33-26-20(14-29)25(30)31-15-32-26)24-22(17-5-3-2-4-6-17)23(27(36)35-9-11-37-12-10-35)19-13-18(28)7-8-21(19)34-24/h2-8,13,15-16H,9-12H2,1H3,(H3,30,31,32,33)/t16-/m0/s1. The summed E-state index contributed by atoms with van der Waals surface area (Å²) in [6, 6.07) is 15.1. The number of hydrogen-bond donors (Lipinski definition) is 2. The number of carbonyl (C=O) groups excluding carboxylic acids is 1. The predicted octanol–water partition coefficient (Wildman–Crippen LogP) is 3.93. The van der Waals surface area contributed by atoms with Gasteiger partial charge in [-0.25, -0.2) is 19.3 Å². The molecular weight excluding hydrogens is 473 g/mol. The Morgan fingerprint density at radius 3 is 2.68 bits per heavy atom. The fourth-order valence-corrected chi connectivity index (χ4v) is 4.50. The highest BCUT2D eigenvalue weighted by Gasteiger charge is 2.29. The highest BCUT2D eigenvalue weighted by Crippen LogP contribution is 2.37. The van der Waals surface area contributed by atoms with Gasteiger partial charge in [0.25, 0.3) is 5.91 Å². The Morgan fingerprint density at radius 1 is 1.19 bits per heavy atom. The Labute approximate surface area is 212 Å². The molecule has 0 bridgehead atoms. The number of nitrogens with two attached hydrogens (primary N) is 1. The van der Waals surface area contributed by atoms with E-state index in [0.717, 1.165) is 5.56 Å². The van der Waals surface area contributed by atoms with Gasteiger partial charge in [0.15, 0.2) is 0 Å². The van der Waals surface area contributed by atoms with Crippen LogP contribution in [0.3, 0.4) is 0 Å². The van der Waals surface area contributed by atoms with Crippen LogP contribution in [0.2, 0.25) is 0 Å². The van der Waals surface area contributed by atoms with Crippen LogP contribution in [0.25, 0.3) is 22.0 Å². The second-order valence-electron chi connectivity index (χ2n) is 8.64. The van der Waals surface area contributed by atoms with Crippen LogP contribution in [-0.2, 0) is 4.74 Å². The molecule has 0 saturated carbocycles. The first-order chi connectivity index (χ1) is 18.0. The molecule has 1 aliphatic rings. The van der Waals surface area contributed by atoms with Gasteiger partial charge in [-0.15, -0.1) is 0 Å². The van der Waals surface area contributed by atoms with Crippen molar-refractivity contribution in [1.29, 1.82) is 5.26 Å². The molecular formula is C27H24FN7O2. The Balaban J connectivity index is 1.75. The van der Waals surface area contributed by atoms with Crippen LogP contribution in [-0.4, -0.2) is 52.1 Å². The van der Waals surface area contributed by atoms with Crippen LogP contribution in [0.1, 0.15) is 34.6 Å². The first-order valence-corrected chi connectivity index (χ1v) is 11.8. The molecule has 2 aromatic heterocycles. The summed E-state index contributed by atoms with van der Waals surface area (Å²) in [5.41, 5.74) is 8.71. The maximum absolute atomic E-state index is 14.5. The molecule has 3 heterocycles. The van der Waals surface area contributed by atoms with Crippen LogP contribution in [0.5, 0.6) is 0 Å². The van der Waals surface area contributed by atoms with Crippen molar-refractivity contribution < 1.29 is 13.9 Å². The number of carbonyl (C=O) groups is 1. The largest absolute Gasteiger partial charge is 0.382 e. The van der Waals surface area contributed by atoms with E-state index in [-0.39, 0.29) is 23.1 Å². The van der Waals surface area contributed by atoms with E-state index in [4.69, 9.17) is 15.5 Å². The zero-order chi connectivity index (χ0) is 25.9. The number of pyridine rings is 1. The number of ether oxygens (including phenoxy) is 1. The summed E-state index contributed by atoms with van der Waals surface area (Å²) in [7, 11) is 0. The first kappa shape index (κ1) is 24.1. The lowest BCUT2D eigenvalue weighted by Crippen LogP contribution is -2.41.